The summed E-state index contributed by atoms with van der Waals surface area (Å²) in [5, 5.41) is 8.32. The number of hydrogen-bond acceptors (Lipinski definition) is 7. The molecule has 0 fully saturated rings. The molecular formula is C34H32N4O5S. The Hall–Kier alpha value is -5.22. The van der Waals surface area contributed by atoms with Gasteiger partial charge in [-0.05, 0) is 84.8 Å². The quantitative estimate of drug-likeness (QED) is 0.0716. The maximum absolute atomic E-state index is 13.2. The van der Waals surface area contributed by atoms with Gasteiger partial charge in [0.2, 0.25) is 5.91 Å². The van der Waals surface area contributed by atoms with Gasteiger partial charge in [0.1, 0.15) is 5.70 Å². The van der Waals surface area contributed by atoms with Crippen molar-refractivity contribution in [3.8, 4) is 0 Å². The lowest BCUT2D eigenvalue weighted by Gasteiger charge is -2.12. The Kier molecular flexibility index (Phi) is 11.8. The Labute approximate surface area is 260 Å². The van der Waals surface area contributed by atoms with E-state index >= 15 is 0 Å². The SMILES string of the molecule is CCCCOC(=O)c1ccc(NC(=O)CSc2ccc(NC(=O)/C(=C/c3cccnc3)NC(=O)c3ccccc3)cc2)cc1. The van der Waals surface area contributed by atoms with Gasteiger partial charge in [-0.25, -0.2) is 4.79 Å². The van der Waals surface area contributed by atoms with Crippen molar-refractivity contribution in [2.24, 2.45) is 0 Å². The van der Waals surface area contributed by atoms with Crippen LogP contribution in [0.1, 0.15) is 46.0 Å². The summed E-state index contributed by atoms with van der Waals surface area (Å²) in [7, 11) is 0. The first-order valence-electron chi connectivity index (χ1n) is 14.0. The maximum atomic E-state index is 13.2. The second-order valence-electron chi connectivity index (χ2n) is 9.55. The monoisotopic (exact) mass is 608 g/mol. The van der Waals surface area contributed by atoms with Crippen molar-refractivity contribution < 1.29 is 23.9 Å². The zero-order valence-electron chi connectivity index (χ0n) is 24.1. The first-order valence-corrected chi connectivity index (χ1v) is 15.0. The van der Waals surface area contributed by atoms with Crippen molar-refractivity contribution in [2.75, 3.05) is 23.0 Å². The summed E-state index contributed by atoms with van der Waals surface area (Å²) in [5.41, 5.74) is 2.65. The fourth-order valence-electron chi connectivity index (χ4n) is 3.83. The van der Waals surface area contributed by atoms with E-state index in [0.717, 1.165) is 17.7 Å². The van der Waals surface area contributed by atoms with Crippen LogP contribution in [-0.4, -0.2) is 41.0 Å². The molecule has 224 valence electrons. The van der Waals surface area contributed by atoms with Crippen LogP contribution in [0.2, 0.25) is 0 Å². The predicted molar refractivity (Wildman–Crippen MR) is 172 cm³/mol. The van der Waals surface area contributed by atoms with Gasteiger partial charge in [0.05, 0.1) is 17.9 Å². The molecule has 4 aromatic rings. The van der Waals surface area contributed by atoms with Crippen LogP contribution in [0.4, 0.5) is 11.4 Å². The summed E-state index contributed by atoms with van der Waals surface area (Å²) >= 11 is 1.33. The van der Waals surface area contributed by atoms with Crippen LogP contribution in [0.3, 0.4) is 0 Å². The maximum Gasteiger partial charge on any atom is 0.338 e. The van der Waals surface area contributed by atoms with Crippen molar-refractivity contribution >= 4 is 52.9 Å². The van der Waals surface area contributed by atoms with Gasteiger partial charge in [0, 0.05) is 34.2 Å². The van der Waals surface area contributed by atoms with E-state index in [4.69, 9.17) is 4.74 Å². The number of benzene rings is 3. The molecule has 1 heterocycles. The summed E-state index contributed by atoms with van der Waals surface area (Å²) in [6, 6.07) is 25.7. The highest BCUT2D eigenvalue weighted by molar-refractivity contribution is 8.00. The molecule has 4 rings (SSSR count). The standard InChI is InChI=1S/C34H32N4O5S/c1-2-3-20-43-34(42)26-11-13-27(14-12-26)36-31(39)23-44-29-17-15-28(16-18-29)37-33(41)30(21-24-8-7-19-35-22-24)38-32(40)25-9-5-4-6-10-25/h4-19,21-22H,2-3,20,23H2,1H3,(H,36,39)(H,37,41)(H,38,40)/b30-21-. The van der Waals surface area contributed by atoms with E-state index in [1.807, 2.05) is 6.92 Å². The lowest BCUT2D eigenvalue weighted by Crippen LogP contribution is -2.30. The minimum absolute atomic E-state index is 0.0587. The van der Waals surface area contributed by atoms with Crippen LogP contribution in [0.5, 0.6) is 0 Å². The zero-order valence-corrected chi connectivity index (χ0v) is 24.9. The number of hydrogen-bond donors (Lipinski definition) is 3. The van der Waals surface area contributed by atoms with Crippen LogP contribution in [0.15, 0.2) is 114 Å². The Morgan fingerprint density at radius 2 is 1.52 bits per heavy atom. The minimum atomic E-state index is -0.502. The topological polar surface area (TPSA) is 126 Å². The molecule has 3 aromatic carbocycles. The average molecular weight is 609 g/mol. The number of rotatable bonds is 13. The van der Waals surface area contributed by atoms with E-state index in [9.17, 15) is 19.2 Å². The fourth-order valence-corrected chi connectivity index (χ4v) is 4.53. The smallest absolute Gasteiger partial charge is 0.338 e. The number of anilines is 2. The van der Waals surface area contributed by atoms with Gasteiger partial charge in [-0.1, -0.05) is 37.6 Å². The second kappa shape index (κ2) is 16.4. The number of esters is 1. The van der Waals surface area contributed by atoms with Crippen LogP contribution in [0.25, 0.3) is 6.08 Å². The molecule has 0 atom stereocenters. The molecule has 10 heteroatoms. The molecule has 0 unspecified atom stereocenters. The highest BCUT2D eigenvalue weighted by Gasteiger charge is 2.15. The number of thioether (sulfide) groups is 1. The number of pyridine rings is 1. The normalized spacial score (nSPS) is 10.9. The number of ether oxygens (including phenoxy) is 1. The Balaban J connectivity index is 1.31. The number of carbonyl (C=O) groups excluding carboxylic acids is 4. The van der Waals surface area contributed by atoms with Gasteiger partial charge in [-0.2, -0.15) is 0 Å². The van der Waals surface area contributed by atoms with Gasteiger partial charge >= 0.3 is 5.97 Å². The first kappa shape index (κ1) is 31.7. The predicted octanol–water partition coefficient (Wildman–Crippen LogP) is 6.18. The van der Waals surface area contributed by atoms with Crippen molar-refractivity contribution in [1.29, 1.82) is 0 Å². The molecule has 0 radical (unpaired) electrons. The number of carbonyl (C=O) groups is 4. The van der Waals surface area contributed by atoms with Crippen molar-refractivity contribution in [3.63, 3.8) is 0 Å². The van der Waals surface area contributed by atoms with Crippen molar-refractivity contribution in [3.05, 3.63) is 126 Å². The summed E-state index contributed by atoms with van der Waals surface area (Å²) in [5.74, 6) is -1.34. The molecule has 0 spiro atoms. The van der Waals surface area contributed by atoms with Crippen molar-refractivity contribution in [2.45, 2.75) is 24.7 Å². The Bertz CT molecular complexity index is 1590. The lowest BCUT2D eigenvalue weighted by atomic mass is 10.2. The highest BCUT2D eigenvalue weighted by Crippen LogP contribution is 2.21. The number of unbranched alkanes of at least 4 members (excludes halogenated alkanes) is 1. The molecule has 44 heavy (non-hydrogen) atoms. The van der Waals surface area contributed by atoms with Crippen LogP contribution < -0.4 is 16.0 Å². The van der Waals surface area contributed by atoms with E-state index in [-0.39, 0.29) is 23.3 Å². The van der Waals surface area contributed by atoms with Crippen molar-refractivity contribution in [1.82, 2.24) is 10.3 Å². The van der Waals surface area contributed by atoms with Gasteiger partial charge in [0.15, 0.2) is 0 Å². The molecule has 3 amide bonds. The third kappa shape index (κ3) is 9.95. The van der Waals surface area contributed by atoms with Crippen LogP contribution >= 0.6 is 11.8 Å². The van der Waals surface area contributed by atoms with E-state index in [1.54, 1.807) is 109 Å². The first-order chi connectivity index (χ1) is 21.4. The van der Waals surface area contributed by atoms with Gasteiger partial charge in [0.25, 0.3) is 11.8 Å². The average Bonchev–Trinajstić information content (AvgIpc) is 3.05. The lowest BCUT2D eigenvalue weighted by molar-refractivity contribution is -0.114. The number of amides is 3. The molecule has 1 aromatic heterocycles. The number of nitrogens with one attached hydrogen (secondary N) is 3. The Morgan fingerprint density at radius 3 is 2.20 bits per heavy atom. The molecule has 0 bridgehead atoms. The van der Waals surface area contributed by atoms with E-state index < -0.39 is 11.8 Å². The summed E-state index contributed by atoms with van der Waals surface area (Å²) < 4.78 is 5.20. The van der Waals surface area contributed by atoms with Gasteiger partial charge < -0.3 is 20.7 Å². The Morgan fingerprint density at radius 1 is 0.818 bits per heavy atom. The molecule has 0 aliphatic carbocycles. The third-order valence-corrected chi connectivity index (χ3v) is 7.15. The molecule has 0 aliphatic heterocycles. The number of nitrogens with zero attached hydrogens (tertiary/aromatic N) is 1. The van der Waals surface area contributed by atoms with E-state index in [0.29, 0.717) is 34.7 Å². The zero-order chi connectivity index (χ0) is 31.1. The van der Waals surface area contributed by atoms with Crippen LogP contribution in [0, 0.1) is 0 Å². The summed E-state index contributed by atoms with van der Waals surface area (Å²) in [6.07, 6.45) is 6.52. The molecule has 0 aliphatic rings. The summed E-state index contributed by atoms with van der Waals surface area (Å²) in [4.78, 5) is 55.4. The van der Waals surface area contributed by atoms with E-state index in [1.165, 1.54) is 11.8 Å². The molecular weight excluding hydrogens is 576 g/mol. The number of aromatic nitrogens is 1. The minimum Gasteiger partial charge on any atom is -0.462 e. The van der Waals surface area contributed by atoms with Gasteiger partial charge in [-0.15, -0.1) is 11.8 Å². The molecule has 9 nitrogen and oxygen atoms in total. The third-order valence-electron chi connectivity index (χ3n) is 6.14. The highest BCUT2D eigenvalue weighted by atomic mass is 32.2. The second-order valence-corrected chi connectivity index (χ2v) is 10.6. The molecule has 0 saturated heterocycles. The molecule has 3 N–H and O–H groups in total. The largest absolute Gasteiger partial charge is 0.462 e. The summed E-state index contributed by atoms with van der Waals surface area (Å²) in [6.45, 7) is 2.41. The van der Waals surface area contributed by atoms with Gasteiger partial charge in [-0.3, -0.25) is 19.4 Å². The van der Waals surface area contributed by atoms with E-state index in [2.05, 4.69) is 20.9 Å². The van der Waals surface area contributed by atoms with Crippen LogP contribution in [-0.2, 0) is 14.3 Å². The fraction of sp³-hybridized carbons (Fsp3) is 0.147. The molecule has 0 saturated carbocycles.